The Labute approximate surface area is 445 Å². The van der Waals surface area contributed by atoms with Crippen LogP contribution in [0.2, 0.25) is 0 Å². The molecule has 4 amide bonds. The summed E-state index contributed by atoms with van der Waals surface area (Å²) in [6.07, 6.45) is 35.5. The molecule has 4 N–H and O–H groups in total. The number of carbonyl (C=O) groups excluding carboxylic acids is 4. The number of nitrogens with zero attached hydrogens (tertiary/aromatic N) is 4. The van der Waals surface area contributed by atoms with E-state index >= 15 is 0 Å². The predicted molar refractivity (Wildman–Crippen MR) is 300 cm³/mol. The summed E-state index contributed by atoms with van der Waals surface area (Å²) in [7, 11) is 7.66. The predicted octanol–water partition coefficient (Wildman–Crippen LogP) is 9.63. The number of hydrogen-bond donors (Lipinski definition) is 4. The molecule has 8 unspecified atom stereocenters. The number of likely N-dealkylation sites (N-methyl/N-ethyl adjacent to an activating group) is 4. The van der Waals surface area contributed by atoms with E-state index in [4.69, 9.17) is 0 Å². The molecule has 0 bridgehead atoms. The van der Waals surface area contributed by atoms with Crippen LogP contribution in [0.15, 0.2) is 24.3 Å². The highest BCUT2D eigenvalue weighted by Crippen LogP contribution is 2.51. The molecule has 9 aliphatic rings. The van der Waals surface area contributed by atoms with Gasteiger partial charge in [-0.3, -0.25) is 19.2 Å². The van der Waals surface area contributed by atoms with Crippen molar-refractivity contribution in [1.29, 1.82) is 0 Å². The molecular formula is C61H108N8O4. The summed E-state index contributed by atoms with van der Waals surface area (Å²) < 4.78 is 0. The average molecular weight is 1020 g/mol. The van der Waals surface area contributed by atoms with Gasteiger partial charge in [-0.25, -0.2) is 0 Å². The van der Waals surface area contributed by atoms with Gasteiger partial charge in [0.1, 0.15) is 0 Å². The normalized spacial score (nSPS) is 33.5. The minimum atomic E-state index is -0.00639. The minimum Gasteiger partial charge on any atom is -0.338 e. The lowest BCUT2D eigenvalue weighted by Crippen LogP contribution is -2.49. The zero-order valence-electron chi connectivity index (χ0n) is 48.6. The SMILES string of the molecule is CNC1CC(C)(C)CCN(C2CC=CC2)C1=O.CNC1CC(C)(C)CCN(C2CC=CCC2)C1=O.CNC1CC(C)(C)CCN(C2CCC3CC3C2)C1=O.CNC1CC(C)(C)CCN(C2CCCCCC2)C1=O. The maximum absolute atomic E-state index is 12.7. The number of fused-ring (bicyclic) bond motifs is 1. The molecule has 12 heteroatoms. The molecule has 4 heterocycles. The number of allylic oxidation sites excluding steroid dienone is 1. The highest BCUT2D eigenvalue weighted by Gasteiger charge is 2.46. The summed E-state index contributed by atoms with van der Waals surface area (Å²) in [5, 5.41) is 12.9. The van der Waals surface area contributed by atoms with Crippen LogP contribution in [-0.2, 0) is 19.2 Å². The van der Waals surface area contributed by atoms with Crippen LogP contribution in [0.4, 0.5) is 0 Å². The molecule has 3 saturated carbocycles. The van der Waals surface area contributed by atoms with Gasteiger partial charge < -0.3 is 40.9 Å². The van der Waals surface area contributed by atoms with Gasteiger partial charge in [0.05, 0.1) is 24.2 Å². The number of hydrogen-bond acceptors (Lipinski definition) is 8. The topological polar surface area (TPSA) is 129 Å². The summed E-state index contributed by atoms with van der Waals surface area (Å²) >= 11 is 0. The third-order valence-electron chi connectivity index (χ3n) is 19.2. The van der Waals surface area contributed by atoms with E-state index < -0.39 is 0 Å². The van der Waals surface area contributed by atoms with Crippen molar-refractivity contribution in [2.45, 2.75) is 251 Å². The second kappa shape index (κ2) is 26.5. The molecule has 4 saturated heterocycles. The molecule has 73 heavy (non-hydrogen) atoms. The first-order valence-electron chi connectivity index (χ1n) is 29.8. The molecular weight excluding hydrogens is 909 g/mol. The fourth-order valence-corrected chi connectivity index (χ4v) is 13.9. The molecule has 9 rings (SSSR count). The monoisotopic (exact) mass is 1020 g/mol. The van der Waals surface area contributed by atoms with Crippen LogP contribution in [-0.4, -0.2) is 146 Å². The van der Waals surface area contributed by atoms with Crippen molar-refractivity contribution >= 4 is 23.6 Å². The fraction of sp³-hybridized carbons (Fsp3) is 0.869. The van der Waals surface area contributed by atoms with Crippen LogP contribution in [0, 0.1) is 33.5 Å². The van der Waals surface area contributed by atoms with E-state index in [1.165, 1.54) is 64.2 Å². The van der Waals surface area contributed by atoms with Gasteiger partial charge in [-0.2, -0.15) is 0 Å². The van der Waals surface area contributed by atoms with Crippen molar-refractivity contribution in [3.63, 3.8) is 0 Å². The number of amides is 4. The Kier molecular flexibility index (Phi) is 21.6. The van der Waals surface area contributed by atoms with E-state index in [2.05, 4.69) is 121 Å². The summed E-state index contributed by atoms with van der Waals surface area (Å²) in [6.45, 7) is 22.0. The molecule has 7 fully saturated rings. The number of nitrogens with one attached hydrogen (secondary N) is 4. The number of likely N-dealkylation sites (tertiary alicyclic amines) is 4. The van der Waals surface area contributed by atoms with Gasteiger partial charge >= 0.3 is 0 Å². The van der Waals surface area contributed by atoms with Gasteiger partial charge in [0.15, 0.2) is 0 Å². The second-order valence-corrected chi connectivity index (χ2v) is 27.4. The highest BCUT2D eigenvalue weighted by atomic mass is 16.2. The zero-order chi connectivity index (χ0) is 53.1. The van der Waals surface area contributed by atoms with Gasteiger partial charge in [0.2, 0.25) is 23.6 Å². The van der Waals surface area contributed by atoms with Crippen molar-refractivity contribution in [1.82, 2.24) is 40.9 Å². The average Bonchev–Trinajstić information content (AvgIpc) is 4.11. The van der Waals surface area contributed by atoms with Crippen LogP contribution in [0.1, 0.15) is 203 Å². The second-order valence-electron chi connectivity index (χ2n) is 27.4. The molecule has 0 radical (unpaired) electrons. The van der Waals surface area contributed by atoms with Crippen molar-refractivity contribution in [2.75, 3.05) is 54.4 Å². The lowest BCUT2D eigenvalue weighted by Gasteiger charge is -2.35. The Morgan fingerprint density at radius 2 is 0.740 bits per heavy atom. The van der Waals surface area contributed by atoms with Crippen LogP contribution in [0.5, 0.6) is 0 Å². The fourth-order valence-electron chi connectivity index (χ4n) is 13.9. The largest absolute Gasteiger partial charge is 0.338 e. The third kappa shape index (κ3) is 16.8. The Morgan fingerprint density at radius 3 is 1.11 bits per heavy atom. The molecule has 0 aromatic rings. The molecule has 8 atom stereocenters. The van der Waals surface area contributed by atoms with Crippen molar-refractivity contribution in [2.24, 2.45) is 33.5 Å². The van der Waals surface area contributed by atoms with E-state index in [9.17, 15) is 19.2 Å². The van der Waals surface area contributed by atoms with Gasteiger partial charge in [0, 0.05) is 50.3 Å². The summed E-state index contributed by atoms with van der Waals surface area (Å²) in [6, 6.07) is 1.89. The maximum atomic E-state index is 12.7. The summed E-state index contributed by atoms with van der Waals surface area (Å²) in [4.78, 5) is 59.3. The first kappa shape index (κ1) is 59.4. The summed E-state index contributed by atoms with van der Waals surface area (Å²) in [5.41, 5.74) is 1.05. The Bertz CT molecular complexity index is 1800. The van der Waals surface area contributed by atoms with Crippen LogP contribution in [0.25, 0.3) is 0 Å². The third-order valence-corrected chi connectivity index (χ3v) is 19.2. The Morgan fingerprint density at radius 1 is 0.384 bits per heavy atom. The summed E-state index contributed by atoms with van der Waals surface area (Å²) in [5.74, 6) is 3.26. The lowest BCUT2D eigenvalue weighted by atomic mass is 9.83. The zero-order valence-corrected chi connectivity index (χ0v) is 48.6. The molecule has 0 spiro atoms. The quantitative estimate of drug-likeness (QED) is 0.140. The van der Waals surface area contributed by atoms with Crippen molar-refractivity contribution < 1.29 is 19.2 Å². The lowest BCUT2D eigenvalue weighted by molar-refractivity contribution is -0.136. The van der Waals surface area contributed by atoms with E-state index in [0.717, 1.165) is 121 Å². The number of carbonyl (C=O) groups is 4. The van der Waals surface area contributed by atoms with Gasteiger partial charge in [-0.15, -0.1) is 0 Å². The van der Waals surface area contributed by atoms with E-state index in [-0.39, 0.29) is 45.8 Å². The van der Waals surface area contributed by atoms with Gasteiger partial charge in [0.25, 0.3) is 0 Å². The molecule has 12 nitrogen and oxygen atoms in total. The Balaban J connectivity index is 0.000000159. The highest BCUT2D eigenvalue weighted by molar-refractivity contribution is 5.84. The molecule has 0 aromatic heterocycles. The Hall–Kier alpha value is -2.80. The molecule has 0 aromatic carbocycles. The van der Waals surface area contributed by atoms with Crippen molar-refractivity contribution in [3.8, 4) is 0 Å². The van der Waals surface area contributed by atoms with Crippen LogP contribution < -0.4 is 21.3 Å². The molecule has 5 aliphatic carbocycles. The van der Waals surface area contributed by atoms with E-state index in [0.29, 0.717) is 47.8 Å². The van der Waals surface area contributed by atoms with Gasteiger partial charge in [-0.1, -0.05) is 105 Å². The number of rotatable bonds is 8. The van der Waals surface area contributed by atoms with Gasteiger partial charge in [-0.05, 0) is 184 Å². The first-order chi connectivity index (χ1) is 34.6. The minimum absolute atomic E-state index is 0.00611. The molecule has 4 aliphatic heterocycles. The first-order valence-corrected chi connectivity index (χ1v) is 29.8. The van der Waals surface area contributed by atoms with Crippen molar-refractivity contribution in [3.05, 3.63) is 24.3 Å². The van der Waals surface area contributed by atoms with E-state index in [1.54, 1.807) is 0 Å². The smallest absolute Gasteiger partial charge is 0.239 e. The van der Waals surface area contributed by atoms with Crippen LogP contribution in [0.3, 0.4) is 0 Å². The maximum Gasteiger partial charge on any atom is 0.239 e. The standard InChI is InChI=1S/C16H28N2O.C16H30N2O.C15H26N2O.C14H24N2O/c1-16(2)6-7-18(15(19)14(10-16)17-3)13-5-4-11-8-12(11)9-13;1-16(2)10-11-18(15(19)14(12-16)17-3)13-8-6-4-5-7-9-13;1-15(2)9-10-17(12-7-5-4-6-8-12)14(18)13(11-15)16-3;1-14(2)8-9-16(11-6-4-5-7-11)13(17)12(10-14)15-3/h11-14,17H,4-10H2,1-3H3;13-14,17H,4-12H2,1-3H3;4-5,12-13,16H,6-11H2,1-3H3;4-5,11-12,15H,6-10H2,1-3H3. The molecule has 416 valence electrons. The van der Waals surface area contributed by atoms with Crippen LogP contribution >= 0.6 is 0 Å². The van der Waals surface area contributed by atoms with E-state index in [1.807, 2.05) is 28.2 Å².